The standard InChI is InChI=1S/C30H40N6O4/c1-5-14-34-15-12-21(13-16-34)25-11-10-24(26(31)37)27(33-25)32-23-8-6-22(7-9-23)28(38)35-17-19-36(20-18-35)29(39)40-30(2,3)4/h6-12H,5,13-20H2,1-4H3,(H2,31,37)(H,32,33). The number of pyridine rings is 1. The molecule has 2 aliphatic heterocycles. The van der Waals surface area contributed by atoms with E-state index >= 15 is 0 Å². The van der Waals surface area contributed by atoms with Crippen molar-refractivity contribution in [3.05, 3.63) is 59.3 Å². The first-order chi connectivity index (χ1) is 19.0. The third kappa shape index (κ3) is 7.38. The number of rotatable bonds is 7. The van der Waals surface area contributed by atoms with Gasteiger partial charge in [0.2, 0.25) is 0 Å². The molecule has 1 aromatic heterocycles. The number of ether oxygens (including phenoxy) is 1. The summed E-state index contributed by atoms with van der Waals surface area (Å²) < 4.78 is 5.44. The number of aromatic nitrogens is 1. The second-order valence-electron chi connectivity index (χ2n) is 11.2. The average molecular weight is 549 g/mol. The van der Waals surface area contributed by atoms with Gasteiger partial charge in [-0.05, 0) is 82.1 Å². The lowest BCUT2D eigenvalue weighted by atomic mass is 10.0. The van der Waals surface area contributed by atoms with Crippen molar-refractivity contribution in [2.45, 2.75) is 46.1 Å². The molecule has 1 aromatic carbocycles. The van der Waals surface area contributed by atoms with E-state index in [0.29, 0.717) is 48.8 Å². The number of hydrogen-bond acceptors (Lipinski definition) is 7. The normalized spacial score (nSPS) is 16.4. The summed E-state index contributed by atoms with van der Waals surface area (Å²) in [5, 5.41) is 3.21. The number of carbonyl (C=O) groups excluding carboxylic acids is 3. The number of nitrogens with zero attached hydrogens (tertiary/aromatic N) is 4. The van der Waals surface area contributed by atoms with Gasteiger partial charge in [-0.25, -0.2) is 9.78 Å². The number of nitrogens with two attached hydrogens (primary N) is 1. The van der Waals surface area contributed by atoms with Gasteiger partial charge in [0.05, 0.1) is 11.3 Å². The van der Waals surface area contributed by atoms with Gasteiger partial charge in [-0.2, -0.15) is 0 Å². The average Bonchev–Trinajstić information content (AvgIpc) is 2.93. The molecule has 2 aromatic rings. The van der Waals surface area contributed by atoms with Crippen LogP contribution in [0.4, 0.5) is 16.3 Å². The second kappa shape index (κ2) is 12.5. The maximum absolute atomic E-state index is 13.1. The fraction of sp³-hybridized carbons (Fsp3) is 0.467. The van der Waals surface area contributed by atoms with E-state index < -0.39 is 11.5 Å². The van der Waals surface area contributed by atoms with Crippen molar-refractivity contribution in [2.24, 2.45) is 5.73 Å². The van der Waals surface area contributed by atoms with Gasteiger partial charge in [0.25, 0.3) is 11.8 Å². The van der Waals surface area contributed by atoms with Crippen molar-refractivity contribution in [3.63, 3.8) is 0 Å². The van der Waals surface area contributed by atoms with E-state index in [0.717, 1.165) is 43.7 Å². The Morgan fingerprint density at radius 3 is 2.23 bits per heavy atom. The summed E-state index contributed by atoms with van der Waals surface area (Å²) >= 11 is 0. The lowest BCUT2D eigenvalue weighted by molar-refractivity contribution is 0.0141. The highest BCUT2D eigenvalue weighted by atomic mass is 16.6. The molecule has 0 unspecified atom stereocenters. The van der Waals surface area contributed by atoms with Crippen LogP contribution in [-0.4, -0.2) is 89.0 Å². The molecule has 10 heteroatoms. The zero-order valence-corrected chi connectivity index (χ0v) is 23.9. The van der Waals surface area contributed by atoms with E-state index in [-0.39, 0.29) is 12.0 Å². The van der Waals surface area contributed by atoms with E-state index in [1.54, 1.807) is 40.1 Å². The Balaban J connectivity index is 1.41. The smallest absolute Gasteiger partial charge is 0.410 e. The molecule has 1 saturated heterocycles. The molecule has 214 valence electrons. The number of anilines is 2. The summed E-state index contributed by atoms with van der Waals surface area (Å²) in [6, 6.07) is 10.6. The fourth-order valence-corrected chi connectivity index (χ4v) is 4.83. The molecule has 0 atom stereocenters. The Morgan fingerprint density at radius 1 is 0.975 bits per heavy atom. The Labute approximate surface area is 236 Å². The van der Waals surface area contributed by atoms with Gasteiger partial charge in [-0.15, -0.1) is 0 Å². The summed E-state index contributed by atoms with van der Waals surface area (Å²) in [4.78, 5) is 48.0. The van der Waals surface area contributed by atoms with Crippen LogP contribution in [0.1, 0.15) is 66.9 Å². The van der Waals surface area contributed by atoms with Gasteiger partial charge in [-0.1, -0.05) is 13.0 Å². The van der Waals surface area contributed by atoms with E-state index in [1.165, 1.54) is 0 Å². The molecule has 3 heterocycles. The SMILES string of the molecule is CCCN1CC=C(c2ccc(C(N)=O)c(Nc3ccc(C(=O)N4CCN(C(=O)OC(C)(C)C)CC4)cc3)n2)CC1. The Kier molecular flexibility index (Phi) is 9.09. The highest BCUT2D eigenvalue weighted by Crippen LogP contribution is 2.26. The molecular formula is C30H40N6O4. The van der Waals surface area contributed by atoms with Crippen LogP contribution in [0, 0.1) is 0 Å². The van der Waals surface area contributed by atoms with E-state index in [4.69, 9.17) is 15.5 Å². The number of benzene rings is 1. The van der Waals surface area contributed by atoms with Gasteiger partial charge in [0, 0.05) is 50.5 Å². The number of primary amides is 1. The molecule has 10 nitrogen and oxygen atoms in total. The number of nitrogens with one attached hydrogen (secondary N) is 1. The van der Waals surface area contributed by atoms with Gasteiger partial charge >= 0.3 is 6.09 Å². The first-order valence-corrected chi connectivity index (χ1v) is 13.9. The van der Waals surface area contributed by atoms with Crippen LogP contribution in [0.25, 0.3) is 5.57 Å². The summed E-state index contributed by atoms with van der Waals surface area (Å²) in [6.07, 6.45) is 3.85. The van der Waals surface area contributed by atoms with Gasteiger partial charge in [0.1, 0.15) is 11.4 Å². The molecule has 0 radical (unpaired) electrons. The molecule has 3 amide bonds. The summed E-state index contributed by atoms with van der Waals surface area (Å²) in [7, 11) is 0. The first-order valence-electron chi connectivity index (χ1n) is 13.9. The van der Waals surface area contributed by atoms with Crippen molar-refractivity contribution < 1.29 is 19.1 Å². The van der Waals surface area contributed by atoms with Gasteiger partial charge in [0.15, 0.2) is 0 Å². The third-order valence-electron chi connectivity index (χ3n) is 6.94. The summed E-state index contributed by atoms with van der Waals surface area (Å²) in [6.45, 7) is 12.3. The van der Waals surface area contributed by atoms with Crippen molar-refractivity contribution >= 4 is 35.0 Å². The van der Waals surface area contributed by atoms with E-state index in [9.17, 15) is 14.4 Å². The predicted molar refractivity (Wildman–Crippen MR) is 156 cm³/mol. The van der Waals surface area contributed by atoms with Gasteiger partial charge < -0.3 is 25.6 Å². The minimum Gasteiger partial charge on any atom is -0.444 e. The van der Waals surface area contributed by atoms with Crippen molar-refractivity contribution in [1.29, 1.82) is 0 Å². The van der Waals surface area contributed by atoms with Crippen LogP contribution in [0.3, 0.4) is 0 Å². The van der Waals surface area contributed by atoms with Crippen molar-refractivity contribution in [1.82, 2.24) is 19.7 Å². The van der Waals surface area contributed by atoms with Crippen LogP contribution in [0.5, 0.6) is 0 Å². The highest BCUT2D eigenvalue weighted by Gasteiger charge is 2.28. The highest BCUT2D eigenvalue weighted by molar-refractivity contribution is 5.99. The van der Waals surface area contributed by atoms with E-state index in [2.05, 4.69) is 23.2 Å². The Hall–Kier alpha value is -3.92. The first kappa shape index (κ1) is 29.1. The maximum Gasteiger partial charge on any atom is 0.410 e. The molecule has 3 N–H and O–H groups in total. The monoisotopic (exact) mass is 548 g/mol. The van der Waals surface area contributed by atoms with Crippen LogP contribution < -0.4 is 11.1 Å². The van der Waals surface area contributed by atoms with Crippen molar-refractivity contribution in [3.8, 4) is 0 Å². The molecule has 0 spiro atoms. The molecule has 4 rings (SSSR count). The van der Waals surface area contributed by atoms with Crippen molar-refractivity contribution in [2.75, 3.05) is 51.1 Å². The number of carbonyl (C=O) groups is 3. The summed E-state index contributed by atoms with van der Waals surface area (Å²) in [5.74, 6) is -0.278. The predicted octanol–water partition coefficient (Wildman–Crippen LogP) is 4.12. The molecular weight excluding hydrogens is 508 g/mol. The second-order valence-corrected chi connectivity index (χ2v) is 11.2. The minimum absolute atomic E-state index is 0.102. The van der Waals surface area contributed by atoms with Crippen LogP contribution in [-0.2, 0) is 4.74 Å². The Morgan fingerprint density at radius 2 is 1.65 bits per heavy atom. The molecule has 0 bridgehead atoms. The molecule has 1 fully saturated rings. The topological polar surface area (TPSA) is 121 Å². The lowest BCUT2D eigenvalue weighted by Gasteiger charge is -2.35. The van der Waals surface area contributed by atoms with Crippen LogP contribution in [0.2, 0.25) is 0 Å². The number of hydrogen-bond donors (Lipinski definition) is 2. The Bertz CT molecular complexity index is 1260. The maximum atomic E-state index is 13.1. The quantitative estimate of drug-likeness (QED) is 0.534. The molecule has 2 aliphatic rings. The largest absolute Gasteiger partial charge is 0.444 e. The lowest BCUT2D eigenvalue weighted by Crippen LogP contribution is -2.51. The van der Waals surface area contributed by atoms with Crippen LogP contribution >= 0.6 is 0 Å². The molecule has 40 heavy (non-hydrogen) atoms. The number of amides is 3. The molecule has 0 aliphatic carbocycles. The fourth-order valence-electron chi connectivity index (χ4n) is 4.83. The minimum atomic E-state index is -0.564. The van der Waals surface area contributed by atoms with Gasteiger partial charge in [-0.3, -0.25) is 14.5 Å². The zero-order chi connectivity index (χ0) is 28.9. The molecule has 0 saturated carbocycles. The van der Waals surface area contributed by atoms with E-state index in [1.807, 2.05) is 26.8 Å². The third-order valence-corrected chi connectivity index (χ3v) is 6.94. The zero-order valence-electron chi connectivity index (χ0n) is 23.9. The summed E-state index contributed by atoms with van der Waals surface area (Å²) in [5.41, 5.74) is 8.57. The number of piperazine rings is 1. The van der Waals surface area contributed by atoms with Crippen LogP contribution in [0.15, 0.2) is 42.5 Å².